The molecule has 5 heteroatoms. The molecule has 1 aliphatic carbocycles. The molecule has 128 valence electrons. The quantitative estimate of drug-likeness (QED) is 0.691. The Morgan fingerprint density at radius 2 is 1.67 bits per heavy atom. The molecule has 0 radical (unpaired) electrons. The molecule has 0 amide bonds. The summed E-state index contributed by atoms with van der Waals surface area (Å²) >= 11 is 11.7. The molecular weight excluding hydrogens is 345 g/mol. The molecule has 1 aliphatic rings. The summed E-state index contributed by atoms with van der Waals surface area (Å²) < 4.78 is 5.55. The molecule has 3 rings (SSSR count). The lowest BCUT2D eigenvalue weighted by atomic mass is 9.97. The number of ether oxygens (including phenoxy) is 1. The Hall–Kier alpha value is -1.55. The van der Waals surface area contributed by atoms with Gasteiger partial charge in [-0.3, -0.25) is 4.79 Å². The van der Waals surface area contributed by atoms with Crippen molar-refractivity contribution in [3.63, 3.8) is 0 Å². The maximum absolute atomic E-state index is 10.6. The summed E-state index contributed by atoms with van der Waals surface area (Å²) in [6, 6.07) is 12.4. The van der Waals surface area contributed by atoms with Crippen molar-refractivity contribution in [2.75, 3.05) is 0 Å². The number of carbonyl (C=O) groups is 1. The molecule has 0 atom stereocenters. The molecule has 0 unspecified atom stereocenters. The normalized spacial score (nSPS) is 14.5. The summed E-state index contributed by atoms with van der Waals surface area (Å²) in [4.78, 5) is 10.6. The van der Waals surface area contributed by atoms with Crippen molar-refractivity contribution in [1.82, 2.24) is 0 Å². The fraction of sp³-hybridized carbons (Fsp3) is 0.316. The number of halogens is 2. The van der Waals surface area contributed by atoms with E-state index in [2.05, 4.69) is 0 Å². The number of benzene rings is 2. The van der Waals surface area contributed by atoms with Crippen molar-refractivity contribution in [2.24, 2.45) is 5.73 Å². The van der Waals surface area contributed by atoms with Crippen molar-refractivity contribution in [3.8, 4) is 11.5 Å². The van der Waals surface area contributed by atoms with E-state index in [1.807, 2.05) is 0 Å². The van der Waals surface area contributed by atoms with Crippen LogP contribution in [0.2, 0.25) is 10.0 Å². The van der Waals surface area contributed by atoms with E-state index in [9.17, 15) is 4.79 Å². The second-order valence-corrected chi connectivity index (χ2v) is 6.58. The highest BCUT2D eigenvalue weighted by molar-refractivity contribution is 6.42. The number of carbonyl (C=O) groups excluding carboxylic acids is 1. The summed E-state index contributed by atoms with van der Waals surface area (Å²) in [5.41, 5.74) is 6.19. The van der Waals surface area contributed by atoms with Gasteiger partial charge in [-0.15, -0.1) is 0 Å². The van der Waals surface area contributed by atoms with Gasteiger partial charge in [0.05, 0.1) is 10.0 Å². The van der Waals surface area contributed by atoms with Gasteiger partial charge in [0, 0.05) is 17.7 Å². The van der Waals surface area contributed by atoms with E-state index >= 15 is 0 Å². The maximum atomic E-state index is 10.6. The molecule has 24 heavy (non-hydrogen) atoms. The molecule has 0 aliphatic heterocycles. The molecule has 0 aromatic heterocycles. The van der Waals surface area contributed by atoms with Crippen molar-refractivity contribution in [2.45, 2.75) is 38.1 Å². The van der Waals surface area contributed by atoms with Crippen LogP contribution < -0.4 is 10.5 Å². The third kappa shape index (κ3) is 6.16. The van der Waals surface area contributed by atoms with E-state index < -0.39 is 0 Å². The first-order valence-electron chi connectivity index (χ1n) is 8.02. The first-order valence-corrected chi connectivity index (χ1v) is 8.78. The molecule has 3 nitrogen and oxygen atoms in total. The minimum atomic E-state index is 0.427. The molecule has 0 spiro atoms. The zero-order valence-electron chi connectivity index (χ0n) is 13.4. The van der Waals surface area contributed by atoms with E-state index in [-0.39, 0.29) is 0 Å². The van der Waals surface area contributed by atoms with E-state index in [4.69, 9.17) is 33.7 Å². The zero-order valence-corrected chi connectivity index (χ0v) is 14.9. The second kappa shape index (κ2) is 9.67. The molecule has 2 aromatic carbocycles. The van der Waals surface area contributed by atoms with Gasteiger partial charge in [0.15, 0.2) is 0 Å². The smallest absolute Gasteiger partial charge is 0.150 e. The molecule has 1 saturated carbocycles. The summed E-state index contributed by atoms with van der Waals surface area (Å²) in [7, 11) is 0. The SMILES string of the molecule is NC1CCCCC1.O=Cc1cccc(Oc2ccc(Cl)c(Cl)c2)c1. The van der Waals surface area contributed by atoms with Gasteiger partial charge in [-0.1, -0.05) is 54.6 Å². The standard InChI is InChI=1S/C13H8Cl2O2.C6H13N/c14-12-5-4-11(7-13(12)15)17-10-3-1-2-9(6-10)8-16;7-6-4-2-1-3-5-6/h1-8H;6H,1-5,7H2. The number of nitrogens with two attached hydrogens (primary N) is 1. The van der Waals surface area contributed by atoms with Crippen LogP contribution in [0.1, 0.15) is 42.5 Å². The van der Waals surface area contributed by atoms with Crippen LogP contribution in [-0.2, 0) is 0 Å². The van der Waals surface area contributed by atoms with E-state index in [1.54, 1.807) is 42.5 Å². The van der Waals surface area contributed by atoms with Crippen LogP contribution in [0.5, 0.6) is 11.5 Å². The molecular formula is C19H21Cl2NO2. The fourth-order valence-electron chi connectivity index (χ4n) is 2.46. The predicted octanol–water partition coefficient (Wildman–Crippen LogP) is 5.88. The van der Waals surface area contributed by atoms with Crippen LogP contribution in [-0.4, -0.2) is 12.3 Å². The zero-order chi connectivity index (χ0) is 17.4. The van der Waals surface area contributed by atoms with E-state index in [0.29, 0.717) is 33.1 Å². The van der Waals surface area contributed by atoms with Gasteiger partial charge in [0.25, 0.3) is 0 Å². The van der Waals surface area contributed by atoms with Gasteiger partial charge in [0.1, 0.15) is 17.8 Å². The maximum Gasteiger partial charge on any atom is 0.150 e. The minimum Gasteiger partial charge on any atom is -0.457 e. The van der Waals surface area contributed by atoms with E-state index in [0.717, 1.165) is 6.29 Å². The number of aldehydes is 1. The average molecular weight is 366 g/mol. The van der Waals surface area contributed by atoms with Gasteiger partial charge in [-0.05, 0) is 37.1 Å². The fourth-order valence-corrected chi connectivity index (χ4v) is 2.75. The number of hydrogen-bond acceptors (Lipinski definition) is 3. The lowest BCUT2D eigenvalue weighted by Crippen LogP contribution is -2.22. The average Bonchev–Trinajstić information content (AvgIpc) is 2.60. The summed E-state index contributed by atoms with van der Waals surface area (Å²) in [5.74, 6) is 1.15. The third-order valence-corrected chi connectivity index (χ3v) is 4.51. The van der Waals surface area contributed by atoms with Crippen molar-refractivity contribution < 1.29 is 9.53 Å². The highest BCUT2D eigenvalue weighted by atomic mass is 35.5. The Morgan fingerprint density at radius 3 is 2.25 bits per heavy atom. The van der Waals surface area contributed by atoms with Crippen LogP contribution in [0.25, 0.3) is 0 Å². The molecule has 0 heterocycles. The Bertz CT molecular complexity index is 670. The van der Waals surface area contributed by atoms with Crippen LogP contribution in [0, 0.1) is 0 Å². The monoisotopic (exact) mass is 365 g/mol. The largest absolute Gasteiger partial charge is 0.457 e. The summed E-state index contributed by atoms with van der Waals surface area (Å²) in [5, 5.41) is 0.899. The van der Waals surface area contributed by atoms with Gasteiger partial charge in [0.2, 0.25) is 0 Å². The van der Waals surface area contributed by atoms with Crippen molar-refractivity contribution in [3.05, 3.63) is 58.1 Å². The number of hydrogen-bond donors (Lipinski definition) is 1. The van der Waals surface area contributed by atoms with Gasteiger partial charge in [-0.2, -0.15) is 0 Å². The van der Waals surface area contributed by atoms with Crippen LogP contribution in [0.4, 0.5) is 0 Å². The summed E-state index contributed by atoms with van der Waals surface area (Å²) in [6.07, 6.45) is 7.43. The predicted molar refractivity (Wildman–Crippen MR) is 99.4 cm³/mol. The highest BCUT2D eigenvalue weighted by Crippen LogP contribution is 2.29. The summed E-state index contributed by atoms with van der Waals surface area (Å²) in [6.45, 7) is 0. The minimum absolute atomic E-state index is 0.427. The number of rotatable bonds is 3. The third-order valence-electron chi connectivity index (χ3n) is 3.77. The van der Waals surface area contributed by atoms with Crippen LogP contribution >= 0.6 is 23.2 Å². The van der Waals surface area contributed by atoms with Crippen molar-refractivity contribution >= 4 is 29.5 Å². The van der Waals surface area contributed by atoms with Crippen LogP contribution in [0.15, 0.2) is 42.5 Å². The van der Waals surface area contributed by atoms with Gasteiger partial charge >= 0.3 is 0 Å². The molecule has 0 bridgehead atoms. The Labute approximate surface area is 152 Å². The molecule has 0 saturated heterocycles. The van der Waals surface area contributed by atoms with Crippen LogP contribution in [0.3, 0.4) is 0 Å². The van der Waals surface area contributed by atoms with Gasteiger partial charge in [-0.25, -0.2) is 0 Å². The molecule has 2 N–H and O–H groups in total. The van der Waals surface area contributed by atoms with E-state index in [1.165, 1.54) is 32.1 Å². The highest BCUT2D eigenvalue weighted by Gasteiger charge is 2.06. The Morgan fingerprint density at radius 1 is 0.958 bits per heavy atom. The topological polar surface area (TPSA) is 52.3 Å². The first-order chi connectivity index (χ1) is 11.6. The second-order valence-electron chi connectivity index (χ2n) is 5.77. The van der Waals surface area contributed by atoms with Gasteiger partial charge < -0.3 is 10.5 Å². The van der Waals surface area contributed by atoms with Crippen molar-refractivity contribution in [1.29, 1.82) is 0 Å². The lowest BCUT2D eigenvalue weighted by Gasteiger charge is -2.15. The first kappa shape index (κ1) is 18.8. The lowest BCUT2D eigenvalue weighted by molar-refractivity contribution is 0.112. The molecule has 1 fully saturated rings. The Balaban J connectivity index is 0.000000249. The Kier molecular flexibility index (Phi) is 7.57. The molecule has 2 aromatic rings.